The number of pyridine rings is 1. The van der Waals surface area contributed by atoms with Gasteiger partial charge >= 0.3 is 0 Å². The molecule has 1 heterocycles. The lowest BCUT2D eigenvalue weighted by Gasteiger charge is -2.28. The summed E-state index contributed by atoms with van der Waals surface area (Å²) >= 11 is 0. The van der Waals surface area contributed by atoms with Crippen LogP contribution in [0.25, 0.3) is 0 Å². The van der Waals surface area contributed by atoms with Crippen LogP contribution in [0.15, 0.2) is 42.6 Å². The van der Waals surface area contributed by atoms with Gasteiger partial charge in [0.05, 0.1) is 6.04 Å². The number of hydrogen-bond acceptors (Lipinski definition) is 5. The van der Waals surface area contributed by atoms with Crippen molar-refractivity contribution >= 4 is 5.82 Å². The molecule has 0 aliphatic heterocycles. The Labute approximate surface area is 125 Å². The van der Waals surface area contributed by atoms with Gasteiger partial charge in [-0.2, -0.15) is 0 Å². The topological polar surface area (TPSA) is 86.2 Å². The number of hydrazine groups is 1. The van der Waals surface area contributed by atoms with Crippen molar-refractivity contribution in [1.82, 2.24) is 10.4 Å². The molecule has 5 heteroatoms. The number of nitrogens with zero attached hydrogens (tertiary/aromatic N) is 1. The number of anilines is 1. The number of ether oxygens (including phenoxy) is 1. The lowest BCUT2D eigenvalue weighted by Crippen LogP contribution is -2.35. The fourth-order valence-electron chi connectivity index (χ4n) is 2.52. The maximum Gasteiger partial charge on any atom is 0.128 e. The average molecular weight is 286 g/mol. The summed E-state index contributed by atoms with van der Waals surface area (Å²) in [6.45, 7) is 4.53. The number of aryl methyl sites for hydroxylation is 1. The zero-order valence-corrected chi connectivity index (χ0v) is 12.4. The van der Waals surface area contributed by atoms with E-state index in [9.17, 15) is 0 Å². The summed E-state index contributed by atoms with van der Waals surface area (Å²) in [6, 6.07) is 11.6. The first-order valence-electron chi connectivity index (χ1n) is 7.02. The van der Waals surface area contributed by atoms with Gasteiger partial charge in [0.1, 0.15) is 11.9 Å². The van der Waals surface area contributed by atoms with E-state index in [4.69, 9.17) is 16.3 Å². The van der Waals surface area contributed by atoms with Gasteiger partial charge in [-0.3, -0.25) is 5.84 Å². The highest BCUT2D eigenvalue weighted by atomic mass is 16.5. The summed E-state index contributed by atoms with van der Waals surface area (Å²) in [5, 5.41) is 0. The van der Waals surface area contributed by atoms with Crippen LogP contribution in [0.2, 0.25) is 0 Å². The number of nitrogens with two attached hydrogens (primary N) is 2. The molecule has 0 spiro atoms. The first kappa shape index (κ1) is 15.4. The van der Waals surface area contributed by atoms with Crippen molar-refractivity contribution in [2.45, 2.75) is 26.0 Å². The molecule has 1 aromatic carbocycles. The van der Waals surface area contributed by atoms with Gasteiger partial charge in [0, 0.05) is 18.4 Å². The Hall–Kier alpha value is -1.95. The van der Waals surface area contributed by atoms with Crippen LogP contribution in [-0.2, 0) is 4.74 Å². The second kappa shape index (κ2) is 7.17. The molecule has 5 N–H and O–H groups in total. The second-order valence-electron chi connectivity index (χ2n) is 4.86. The third kappa shape index (κ3) is 3.39. The van der Waals surface area contributed by atoms with Crippen LogP contribution in [0, 0.1) is 6.92 Å². The van der Waals surface area contributed by atoms with E-state index in [0.29, 0.717) is 12.4 Å². The molecule has 2 aromatic rings. The summed E-state index contributed by atoms with van der Waals surface area (Å²) < 4.78 is 5.92. The Kier molecular flexibility index (Phi) is 5.27. The fourth-order valence-corrected chi connectivity index (χ4v) is 2.52. The summed E-state index contributed by atoms with van der Waals surface area (Å²) in [5.41, 5.74) is 11.8. The van der Waals surface area contributed by atoms with E-state index in [1.807, 2.05) is 50.2 Å². The van der Waals surface area contributed by atoms with Gasteiger partial charge in [-0.05, 0) is 31.0 Å². The zero-order chi connectivity index (χ0) is 15.2. The molecule has 2 unspecified atom stereocenters. The highest BCUT2D eigenvalue weighted by molar-refractivity contribution is 5.47. The van der Waals surface area contributed by atoms with Crippen LogP contribution >= 0.6 is 0 Å². The zero-order valence-electron chi connectivity index (χ0n) is 12.4. The first-order valence-corrected chi connectivity index (χ1v) is 7.02. The molecule has 1 aromatic heterocycles. The quantitative estimate of drug-likeness (QED) is 0.560. The van der Waals surface area contributed by atoms with Crippen LogP contribution in [0.4, 0.5) is 5.82 Å². The normalized spacial score (nSPS) is 13.9. The van der Waals surface area contributed by atoms with Crippen molar-refractivity contribution in [3.05, 3.63) is 59.3 Å². The third-order valence-corrected chi connectivity index (χ3v) is 3.51. The van der Waals surface area contributed by atoms with E-state index in [-0.39, 0.29) is 12.1 Å². The van der Waals surface area contributed by atoms with E-state index < -0.39 is 0 Å². The van der Waals surface area contributed by atoms with Crippen molar-refractivity contribution in [1.29, 1.82) is 0 Å². The summed E-state index contributed by atoms with van der Waals surface area (Å²) in [5.74, 6) is 6.27. The van der Waals surface area contributed by atoms with Crippen LogP contribution in [0.3, 0.4) is 0 Å². The molecule has 0 saturated carbocycles. The van der Waals surface area contributed by atoms with Crippen LogP contribution in [0.5, 0.6) is 0 Å². The van der Waals surface area contributed by atoms with Crippen LogP contribution in [0.1, 0.15) is 35.8 Å². The summed E-state index contributed by atoms with van der Waals surface area (Å²) in [7, 11) is 0. The second-order valence-corrected chi connectivity index (χ2v) is 4.86. The number of hydrogen-bond donors (Lipinski definition) is 3. The molecule has 0 bridgehead atoms. The van der Waals surface area contributed by atoms with Crippen molar-refractivity contribution < 1.29 is 4.74 Å². The van der Waals surface area contributed by atoms with Gasteiger partial charge in [-0.15, -0.1) is 0 Å². The molecule has 0 amide bonds. The molecule has 0 radical (unpaired) electrons. The van der Waals surface area contributed by atoms with Gasteiger partial charge < -0.3 is 10.5 Å². The van der Waals surface area contributed by atoms with E-state index >= 15 is 0 Å². The Bertz CT molecular complexity index is 553. The highest BCUT2D eigenvalue weighted by Crippen LogP contribution is 2.35. The molecule has 0 aliphatic carbocycles. The van der Waals surface area contributed by atoms with Crippen molar-refractivity contribution in [3.63, 3.8) is 0 Å². The van der Waals surface area contributed by atoms with Gasteiger partial charge in [0.25, 0.3) is 0 Å². The molecule has 5 nitrogen and oxygen atoms in total. The van der Waals surface area contributed by atoms with Gasteiger partial charge in [0.2, 0.25) is 0 Å². The van der Waals surface area contributed by atoms with Crippen LogP contribution < -0.4 is 17.0 Å². The van der Waals surface area contributed by atoms with E-state index in [0.717, 1.165) is 16.7 Å². The standard InChI is InChI=1S/C16H22N4O/c1-3-21-15(12-7-5-4-6-8-12)14(20-18)13-11(2)9-10-19-16(13)17/h4-10,14-15,20H,3,18H2,1-2H3,(H2,17,19). The summed E-state index contributed by atoms with van der Waals surface area (Å²) in [4.78, 5) is 4.17. The Balaban J connectivity index is 2.46. The Morgan fingerprint density at radius 3 is 2.52 bits per heavy atom. The van der Waals surface area contributed by atoms with Crippen molar-refractivity contribution in [2.24, 2.45) is 5.84 Å². The molecule has 0 saturated heterocycles. The predicted octanol–water partition coefficient (Wildman–Crippen LogP) is 2.25. The molecule has 2 rings (SSSR count). The molecule has 2 atom stereocenters. The minimum Gasteiger partial charge on any atom is -0.383 e. The van der Waals surface area contributed by atoms with E-state index in [2.05, 4.69) is 10.4 Å². The lowest BCUT2D eigenvalue weighted by molar-refractivity contribution is 0.0326. The smallest absolute Gasteiger partial charge is 0.128 e. The minimum atomic E-state index is -0.263. The number of nitrogen functional groups attached to an aromatic ring is 1. The first-order chi connectivity index (χ1) is 10.2. The van der Waals surface area contributed by atoms with E-state index in [1.54, 1.807) is 6.20 Å². The summed E-state index contributed by atoms with van der Waals surface area (Å²) in [6.07, 6.45) is 1.46. The maximum atomic E-state index is 6.05. The van der Waals surface area contributed by atoms with Gasteiger partial charge in [0.15, 0.2) is 0 Å². The SMILES string of the molecule is CCOC(c1ccccc1)C(NN)c1c(C)ccnc1N. The molecule has 21 heavy (non-hydrogen) atoms. The molecule has 0 aliphatic rings. The van der Waals surface area contributed by atoms with E-state index in [1.165, 1.54) is 0 Å². The largest absolute Gasteiger partial charge is 0.383 e. The van der Waals surface area contributed by atoms with Gasteiger partial charge in [-0.1, -0.05) is 30.3 Å². The van der Waals surface area contributed by atoms with Gasteiger partial charge in [-0.25, -0.2) is 10.4 Å². The van der Waals surface area contributed by atoms with Crippen LogP contribution in [-0.4, -0.2) is 11.6 Å². The molecule has 112 valence electrons. The predicted molar refractivity (Wildman–Crippen MR) is 84.3 cm³/mol. The molecular weight excluding hydrogens is 264 g/mol. The van der Waals surface area contributed by atoms with Crippen molar-refractivity contribution in [3.8, 4) is 0 Å². The monoisotopic (exact) mass is 286 g/mol. The minimum absolute atomic E-state index is 0.230. The maximum absolute atomic E-state index is 6.05. The number of rotatable bonds is 6. The number of benzene rings is 1. The lowest BCUT2D eigenvalue weighted by atomic mass is 9.93. The Morgan fingerprint density at radius 1 is 1.24 bits per heavy atom. The third-order valence-electron chi connectivity index (χ3n) is 3.51. The van der Waals surface area contributed by atoms with Crippen molar-refractivity contribution in [2.75, 3.05) is 12.3 Å². The molecule has 0 fully saturated rings. The molecular formula is C16H22N4O. The Morgan fingerprint density at radius 2 is 1.95 bits per heavy atom. The number of aromatic nitrogens is 1. The highest BCUT2D eigenvalue weighted by Gasteiger charge is 2.27. The fraction of sp³-hybridized carbons (Fsp3) is 0.312. The average Bonchev–Trinajstić information content (AvgIpc) is 2.50. The number of nitrogens with one attached hydrogen (secondary N) is 1.